The molecule has 1 aliphatic carbocycles. The molecule has 1 aliphatic rings. The van der Waals surface area contributed by atoms with E-state index in [2.05, 4.69) is 254 Å². The Labute approximate surface area is 512 Å². The molecular weight excluding hydrogens is 1060 g/mol. The summed E-state index contributed by atoms with van der Waals surface area (Å²) in [6.07, 6.45) is 10.0. The first-order chi connectivity index (χ1) is 41.3. The van der Waals surface area contributed by atoms with Crippen LogP contribution in [0.1, 0.15) is 81.2 Å². The minimum absolute atomic E-state index is 0. The third kappa shape index (κ3) is 12.8. The summed E-state index contributed by atoms with van der Waals surface area (Å²) in [5.74, 6) is 2.72. The SMILES string of the molecule is C.C.C=Cc1ccc(OCCCCCCOc2ccc3c(c2)c2cc(-c4ccc(N(c5ccccc5)c5ccc6c(c5)C(CCC[Si](C)(C)CCOc5ccc(C=C)cc5)(c5ccccc5)c5ccccc5-6)cc4)ccc2n3-c2ccccc2)cc1. The highest BCUT2D eigenvalue weighted by molar-refractivity contribution is 6.77. The molecule has 1 heterocycles. The first-order valence-electron chi connectivity index (χ1n) is 30.0. The maximum atomic E-state index is 6.47. The molecule has 1 aromatic heterocycles. The molecule has 0 saturated carbocycles. The van der Waals surface area contributed by atoms with E-state index in [0.717, 1.165) is 124 Å². The molecule has 0 radical (unpaired) electrons. The van der Waals surface area contributed by atoms with E-state index < -0.39 is 8.07 Å². The van der Waals surface area contributed by atoms with Gasteiger partial charge in [-0.15, -0.1) is 0 Å². The van der Waals surface area contributed by atoms with Crippen LogP contribution in [0.5, 0.6) is 17.2 Å². The van der Waals surface area contributed by atoms with Crippen molar-refractivity contribution in [3.8, 4) is 45.2 Å². The van der Waals surface area contributed by atoms with Crippen molar-refractivity contribution in [2.75, 3.05) is 24.7 Å². The smallest absolute Gasteiger partial charge is 0.120 e. The van der Waals surface area contributed by atoms with Crippen LogP contribution < -0.4 is 19.1 Å². The van der Waals surface area contributed by atoms with E-state index in [1.807, 2.05) is 36.4 Å². The Balaban J connectivity index is 0.00000410. The maximum absolute atomic E-state index is 6.47. The van der Waals surface area contributed by atoms with E-state index in [1.54, 1.807) is 0 Å². The molecule has 12 rings (SSSR count). The summed E-state index contributed by atoms with van der Waals surface area (Å²) in [7, 11) is -1.63. The molecule has 0 aliphatic heterocycles. The van der Waals surface area contributed by atoms with Crippen LogP contribution in [0.4, 0.5) is 17.1 Å². The molecule has 6 heteroatoms. The van der Waals surface area contributed by atoms with Crippen molar-refractivity contribution >= 4 is 59.1 Å². The molecule has 86 heavy (non-hydrogen) atoms. The van der Waals surface area contributed by atoms with Gasteiger partial charge in [-0.3, -0.25) is 0 Å². The molecule has 11 aromatic rings. The number of fused-ring (bicyclic) bond motifs is 6. The summed E-state index contributed by atoms with van der Waals surface area (Å²) in [6.45, 7) is 14.9. The lowest BCUT2D eigenvalue weighted by Crippen LogP contribution is -2.31. The van der Waals surface area contributed by atoms with Gasteiger partial charge < -0.3 is 23.7 Å². The van der Waals surface area contributed by atoms with Crippen molar-refractivity contribution in [3.63, 3.8) is 0 Å². The van der Waals surface area contributed by atoms with E-state index in [4.69, 9.17) is 14.2 Å². The van der Waals surface area contributed by atoms with Crippen LogP contribution in [0, 0.1) is 0 Å². The molecule has 0 saturated heterocycles. The van der Waals surface area contributed by atoms with Gasteiger partial charge in [0.05, 0.1) is 38.9 Å². The van der Waals surface area contributed by atoms with Crippen LogP contribution in [-0.4, -0.2) is 32.5 Å². The van der Waals surface area contributed by atoms with Gasteiger partial charge in [0.15, 0.2) is 0 Å². The first-order valence-corrected chi connectivity index (χ1v) is 33.4. The van der Waals surface area contributed by atoms with Gasteiger partial charge in [-0.05, 0) is 191 Å². The summed E-state index contributed by atoms with van der Waals surface area (Å²) in [6, 6.07) is 90.5. The minimum atomic E-state index is -1.63. The van der Waals surface area contributed by atoms with E-state index >= 15 is 0 Å². The van der Waals surface area contributed by atoms with Crippen LogP contribution >= 0.6 is 0 Å². The maximum Gasteiger partial charge on any atom is 0.120 e. The van der Waals surface area contributed by atoms with Crippen LogP contribution in [0.3, 0.4) is 0 Å². The largest absolute Gasteiger partial charge is 0.494 e. The Kier molecular flexibility index (Phi) is 19.1. The zero-order valence-corrected chi connectivity index (χ0v) is 49.6. The molecule has 10 aromatic carbocycles. The third-order valence-electron chi connectivity index (χ3n) is 17.1. The Morgan fingerprint density at radius 1 is 0.430 bits per heavy atom. The van der Waals surface area contributed by atoms with Gasteiger partial charge in [-0.25, -0.2) is 0 Å². The predicted molar refractivity (Wildman–Crippen MR) is 370 cm³/mol. The molecule has 1 atom stereocenters. The lowest BCUT2D eigenvalue weighted by atomic mass is 9.69. The van der Waals surface area contributed by atoms with E-state index in [9.17, 15) is 0 Å². The number of unbranched alkanes of at least 4 members (excludes halogenated alkanes) is 3. The molecule has 0 N–H and O–H groups in total. The molecular formula is C80H82N2O3Si. The molecule has 5 nitrogen and oxygen atoms in total. The number of hydrogen-bond donors (Lipinski definition) is 0. The van der Waals surface area contributed by atoms with Crippen LogP contribution in [0.2, 0.25) is 25.2 Å². The highest BCUT2D eigenvalue weighted by atomic mass is 28.3. The average Bonchev–Trinajstić information content (AvgIpc) is 1.59. The van der Waals surface area contributed by atoms with Gasteiger partial charge in [0, 0.05) is 38.9 Å². The fourth-order valence-corrected chi connectivity index (χ4v) is 14.7. The molecule has 434 valence electrons. The summed E-state index contributed by atoms with van der Waals surface area (Å²) >= 11 is 0. The zero-order valence-electron chi connectivity index (χ0n) is 48.6. The molecule has 0 bridgehead atoms. The zero-order chi connectivity index (χ0) is 57.3. The first kappa shape index (κ1) is 60.0. The predicted octanol–water partition coefficient (Wildman–Crippen LogP) is 22.4. The lowest BCUT2D eigenvalue weighted by molar-refractivity contribution is 0.288. The summed E-state index contributed by atoms with van der Waals surface area (Å²) < 4.78 is 21.1. The fraction of sp³-hybridized carbons (Fsp3) is 0.200. The van der Waals surface area contributed by atoms with Crippen molar-refractivity contribution in [3.05, 3.63) is 284 Å². The van der Waals surface area contributed by atoms with Gasteiger partial charge in [0.2, 0.25) is 0 Å². The minimum Gasteiger partial charge on any atom is -0.494 e. The monoisotopic (exact) mass is 1150 g/mol. The van der Waals surface area contributed by atoms with Crippen LogP contribution in [0.25, 0.3) is 61.9 Å². The standard InChI is InChI=1S/C78H74N2O3Si.2CH4/c1-5-58-31-41-67(42-32-58)81-50-20-7-8-21-51-82-69-45-48-77-73(57-69)72-55-61(37-47-76(72)80(77)64-27-16-11-17-28-64)60-35-38-65(39-36-60)79(63-25-14-10-15-26-63)66-40-46-71-70-29-18-19-30-74(70)78(75(71)56-66,62-23-12-9-13-24-62)49-22-53-84(3,4)54-52-83-68-43-33-59(6-2)34-44-68;;/h5-6,9-19,23-48,55-57H,1-2,7-8,20-22,49-54H2,3-4H3;2*1H4. The van der Waals surface area contributed by atoms with Gasteiger partial charge >= 0.3 is 0 Å². The third-order valence-corrected chi connectivity index (χ3v) is 20.4. The highest BCUT2D eigenvalue weighted by Crippen LogP contribution is 2.56. The summed E-state index contributed by atoms with van der Waals surface area (Å²) in [4.78, 5) is 2.43. The summed E-state index contributed by atoms with van der Waals surface area (Å²) in [5.41, 5.74) is 17.8. The van der Waals surface area contributed by atoms with E-state index in [0.29, 0.717) is 13.2 Å². The average molecular weight is 1150 g/mol. The number of hydrogen-bond acceptors (Lipinski definition) is 4. The van der Waals surface area contributed by atoms with Crippen molar-refractivity contribution in [1.29, 1.82) is 0 Å². The molecule has 1 unspecified atom stereocenters. The van der Waals surface area contributed by atoms with Crippen molar-refractivity contribution in [1.82, 2.24) is 4.57 Å². The van der Waals surface area contributed by atoms with Crippen LogP contribution in [-0.2, 0) is 5.41 Å². The van der Waals surface area contributed by atoms with Crippen molar-refractivity contribution in [2.45, 2.75) is 84.0 Å². The van der Waals surface area contributed by atoms with Crippen LogP contribution in [0.15, 0.2) is 256 Å². The number of anilines is 3. The second-order valence-electron chi connectivity index (χ2n) is 23.1. The topological polar surface area (TPSA) is 35.9 Å². The molecule has 0 fully saturated rings. The Hall–Kier alpha value is -9.10. The second-order valence-corrected chi connectivity index (χ2v) is 28.4. The van der Waals surface area contributed by atoms with E-state index in [1.165, 1.54) is 44.6 Å². The van der Waals surface area contributed by atoms with Gasteiger partial charge in [-0.2, -0.15) is 0 Å². The second kappa shape index (κ2) is 27.3. The number of ether oxygens (including phenoxy) is 3. The number of aromatic nitrogens is 1. The number of nitrogens with zero attached hydrogens (tertiary/aromatic N) is 2. The fourth-order valence-electron chi connectivity index (χ4n) is 12.6. The number of rotatable bonds is 25. The van der Waals surface area contributed by atoms with Gasteiger partial charge in [0.1, 0.15) is 17.2 Å². The lowest BCUT2D eigenvalue weighted by Gasteiger charge is -2.35. The van der Waals surface area contributed by atoms with Gasteiger partial charge in [-0.1, -0.05) is 205 Å². The molecule has 0 spiro atoms. The number of para-hydroxylation sites is 2. The van der Waals surface area contributed by atoms with Gasteiger partial charge in [0.25, 0.3) is 0 Å². The Bertz CT molecular complexity index is 4020. The Morgan fingerprint density at radius 3 is 1.59 bits per heavy atom. The summed E-state index contributed by atoms with van der Waals surface area (Å²) in [5, 5.41) is 2.36. The quantitative estimate of drug-likeness (QED) is 0.0422. The number of benzene rings is 10. The van der Waals surface area contributed by atoms with E-state index in [-0.39, 0.29) is 20.3 Å². The highest BCUT2D eigenvalue weighted by Gasteiger charge is 2.45. The van der Waals surface area contributed by atoms with Crippen molar-refractivity contribution < 1.29 is 14.2 Å². The van der Waals surface area contributed by atoms with Crippen molar-refractivity contribution in [2.24, 2.45) is 0 Å². The molecule has 0 amide bonds. The Morgan fingerprint density at radius 2 is 0.942 bits per heavy atom. The normalized spacial score (nSPS) is 13.2.